The molecule has 0 aliphatic heterocycles. The molecule has 0 aliphatic rings. The minimum absolute atomic E-state index is 0.179. The van der Waals surface area contributed by atoms with Crippen molar-refractivity contribution in [3.63, 3.8) is 0 Å². The molecule has 30 heavy (non-hydrogen) atoms. The molecule has 0 saturated heterocycles. The monoisotopic (exact) mass is 417 g/mol. The lowest BCUT2D eigenvalue weighted by Crippen LogP contribution is -2.40. The third-order valence-corrected chi connectivity index (χ3v) is 5.10. The highest BCUT2D eigenvalue weighted by atomic mass is 19.1. The maximum Gasteiger partial charge on any atom is 0.354 e. The van der Waals surface area contributed by atoms with E-state index in [4.69, 9.17) is 4.74 Å². The summed E-state index contributed by atoms with van der Waals surface area (Å²) in [4.78, 5) is 41.6. The van der Waals surface area contributed by atoms with Gasteiger partial charge in [-0.25, -0.2) is 9.18 Å². The van der Waals surface area contributed by atoms with Crippen LogP contribution in [0.2, 0.25) is 0 Å². The molecule has 0 saturated carbocycles. The van der Waals surface area contributed by atoms with E-state index >= 15 is 0 Å². The van der Waals surface area contributed by atoms with Gasteiger partial charge in [0.25, 0.3) is 5.91 Å². The third-order valence-electron chi connectivity index (χ3n) is 5.10. The molecule has 1 aromatic carbocycles. The number of esters is 1. The van der Waals surface area contributed by atoms with Crippen LogP contribution < -0.4 is 0 Å². The van der Waals surface area contributed by atoms with Crippen LogP contribution in [-0.4, -0.2) is 72.9 Å². The fourth-order valence-electron chi connectivity index (χ4n) is 3.40. The first-order valence-corrected chi connectivity index (χ1v) is 9.55. The molecule has 0 unspecified atom stereocenters. The highest BCUT2D eigenvalue weighted by Gasteiger charge is 2.28. The zero-order chi connectivity index (χ0) is 22.6. The lowest BCUT2D eigenvalue weighted by Gasteiger charge is -2.24. The summed E-state index contributed by atoms with van der Waals surface area (Å²) in [5.41, 5.74) is 1.99. The fourth-order valence-corrected chi connectivity index (χ4v) is 3.40. The van der Waals surface area contributed by atoms with Crippen molar-refractivity contribution < 1.29 is 23.5 Å². The number of Topliss-reactive ketones (excluding diaryl/α,β-unsaturated/α-hetero) is 1. The number of aromatic nitrogens is 1. The number of benzene rings is 1. The van der Waals surface area contributed by atoms with Gasteiger partial charge in [0.15, 0.2) is 5.78 Å². The van der Waals surface area contributed by atoms with E-state index in [0.717, 1.165) is 6.07 Å². The highest BCUT2D eigenvalue weighted by molar-refractivity contribution is 6.06. The van der Waals surface area contributed by atoms with Gasteiger partial charge in [0.05, 0.1) is 13.7 Å². The number of carbonyl (C=O) groups is 3. The molecule has 7 nitrogen and oxygen atoms in total. The first-order chi connectivity index (χ1) is 14.1. The maximum absolute atomic E-state index is 13.6. The number of amides is 1. The number of ether oxygens (including phenoxy) is 1. The van der Waals surface area contributed by atoms with Gasteiger partial charge in [-0.3, -0.25) is 9.59 Å². The Kier molecular flexibility index (Phi) is 7.50. The minimum Gasteiger partial charge on any atom is -0.464 e. The predicted octanol–water partition coefficient (Wildman–Crippen LogP) is 2.45. The number of nitrogens with zero attached hydrogens (tertiary/aromatic N) is 3. The van der Waals surface area contributed by atoms with E-state index in [2.05, 4.69) is 0 Å². The zero-order valence-corrected chi connectivity index (χ0v) is 18.3. The van der Waals surface area contributed by atoms with Gasteiger partial charge < -0.3 is 19.1 Å². The van der Waals surface area contributed by atoms with Crippen molar-refractivity contribution in [2.75, 3.05) is 40.8 Å². The van der Waals surface area contributed by atoms with Crippen LogP contribution in [0, 0.1) is 19.7 Å². The molecule has 8 heteroatoms. The first-order valence-electron chi connectivity index (χ1n) is 9.55. The first kappa shape index (κ1) is 23.3. The Morgan fingerprint density at radius 2 is 1.80 bits per heavy atom. The van der Waals surface area contributed by atoms with Crippen LogP contribution in [0.4, 0.5) is 4.39 Å². The van der Waals surface area contributed by atoms with Crippen molar-refractivity contribution in [1.29, 1.82) is 0 Å². The van der Waals surface area contributed by atoms with Crippen molar-refractivity contribution >= 4 is 17.7 Å². The van der Waals surface area contributed by atoms with Gasteiger partial charge in [-0.2, -0.15) is 0 Å². The summed E-state index contributed by atoms with van der Waals surface area (Å²) in [5.74, 6) is -1.77. The summed E-state index contributed by atoms with van der Waals surface area (Å²) in [6.07, 6.45) is 0. The lowest BCUT2D eigenvalue weighted by molar-refractivity contribution is 0.0588. The van der Waals surface area contributed by atoms with Gasteiger partial charge in [-0.15, -0.1) is 0 Å². The average Bonchev–Trinajstić information content (AvgIpc) is 2.92. The third kappa shape index (κ3) is 4.94. The van der Waals surface area contributed by atoms with E-state index in [1.54, 1.807) is 25.5 Å². The van der Waals surface area contributed by atoms with E-state index in [1.165, 1.54) is 30.2 Å². The van der Waals surface area contributed by atoms with Gasteiger partial charge in [0.1, 0.15) is 11.5 Å². The maximum atomic E-state index is 13.6. The van der Waals surface area contributed by atoms with E-state index in [1.807, 2.05) is 19.0 Å². The summed E-state index contributed by atoms with van der Waals surface area (Å²) < 4.78 is 20.0. The Morgan fingerprint density at radius 1 is 1.13 bits per heavy atom. The number of hydrogen-bond donors (Lipinski definition) is 0. The smallest absolute Gasteiger partial charge is 0.354 e. The van der Waals surface area contributed by atoms with Crippen molar-refractivity contribution in [3.05, 3.63) is 58.2 Å². The van der Waals surface area contributed by atoms with E-state index in [0.29, 0.717) is 35.6 Å². The highest BCUT2D eigenvalue weighted by Crippen LogP contribution is 2.23. The largest absolute Gasteiger partial charge is 0.464 e. The molecule has 1 aromatic heterocycles. The quantitative estimate of drug-likeness (QED) is 0.487. The van der Waals surface area contributed by atoms with Crippen LogP contribution in [0.3, 0.4) is 0 Å². The van der Waals surface area contributed by atoms with Gasteiger partial charge in [-0.1, -0.05) is 6.07 Å². The van der Waals surface area contributed by atoms with Crippen molar-refractivity contribution in [3.8, 4) is 0 Å². The van der Waals surface area contributed by atoms with Crippen LogP contribution in [0.15, 0.2) is 24.3 Å². The lowest BCUT2D eigenvalue weighted by atomic mass is 10.0. The van der Waals surface area contributed by atoms with E-state index in [-0.39, 0.29) is 17.9 Å². The van der Waals surface area contributed by atoms with Crippen LogP contribution in [0.5, 0.6) is 0 Å². The summed E-state index contributed by atoms with van der Waals surface area (Å²) in [6, 6.07) is 5.40. The number of likely N-dealkylation sites (N-methyl/N-ethyl adjacent to an activating group) is 1. The SMILES string of the molecule is COC(=O)c1c(C)c(C(=O)CN(CCN(C)C)C(=O)c2cccc(F)c2)c(C)n1C. The standard InChI is InChI=1S/C22H28FN3O4/c1-14-19(15(2)25(5)20(14)22(29)30-6)18(27)13-26(11-10-24(3)4)21(28)16-8-7-9-17(23)12-16/h7-9,12H,10-11,13H2,1-6H3. The molecule has 2 aromatic rings. The van der Waals surface area contributed by atoms with E-state index in [9.17, 15) is 18.8 Å². The predicted molar refractivity (Wildman–Crippen MR) is 111 cm³/mol. The molecule has 0 aliphatic carbocycles. The van der Waals surface area contributed by atoms with Crippen LogP contribution in [-0.2, 0) is 11.8 Å². The molecule has 0 radical (unpaired) electrons. The van der Waals surface area contributed by atoms with Crippen LogP contribution in [0.25, 0.3) is 0 Å². The minimum atomic E-state index is -0.530. The number of ketones is 1. The molecule has 1 amide bonds. The molecule has 1 heterocycles. The van der Waals surface area contributed by atoms with Crippen molar-refractivity contribution in [2.24, 2.45) is 7.05 Å². The van der Waals surface area contributed by atoms with Gasteiger partial charge in [0, 0.05) is 37.0 Å². The molecule has 0 bridgehead atoms. The number of hydrogen-bond acceptors (Lipinski definition) is 5. The number of carbonyl (C=O) groups excluding carboxylic acids is 3. The van der Waals surface area contributed by atoms with Crippen LogP contribution in [0.1, 0.15) is 42.5 Å². The molecule has 0 atom stereocenters. The topological polar surface area (TPSA) is 71.9 Å². The number of halogens is 1. The number of methoxy groups -OCH3 is 1. The van der Waals surface area contributed by atoms with Crippen LogP contribution >= 0.6 is 0 Å². The molecular formula is C22H28FN3O4. The zero-order valence-electron chi connectivity index (χ0n) is 18.3. The summed E-state index contributed by atoms with van der Waals surface area (Å²) in [7, 11) is 6.70. The Bertz CT molecular complexity index is 966. The Labute approximate surface area is 176 Å². The second kappa shape index (κ2) is 9.67. The summed E-state index contributed by atoms with van der Waals surface area (Å²) in [6.45, 7) is 4.07. The normalized spacial score (nSPS) is 10.9. The number of rotatable bonds is 8. The van der Waals surface area contributed by atoms with E-state index < -0.39 is 17.7 Å². The second-order valence-electron chi connectivity index (χ2n) is 7.45. The molecular weight excluding hydrogens is 389 g/mol. The molecule has 162 valence electrons. The molecule has 0 N–H and O–H groups in total. The van der Waals surface area contributed by atoms with Gasteiger partial charge in [0.2, 0.25) is 0 Å². The Balaban J connectivity index is 2.37. The van der Waals surface area contributed by atoms with Gasteiger partial charge >= 0.3 is 5.97 Å². The second-order valence-corrected chi connectivity index (χ2v) is 7.45. The summed E-state index contributed by atoms with van der Waals surface area (Å²) >= 11 is 0. The van der Waals surface area contributed by atoms with Crippen molar-refractivity contribution in [1.82, 2.24) is 14.4 Å². The van der Waals surface area contributed by atoms with Gasteiger partial charge in [-0.05, 0) is 51.7 Å². The fraction of sp³-hybridized carbons (Fsp3) is 0.409. The average molecular weight is 417 g/mol. The molecule has 0 spiro atoms. The summed E-state index contributed by atoms with van der Waals surface area (Å²) in [5, 5.41) is 0. The molecule has 0 fully saturated rings. The van der Waals surface area contributed by atoms with Crippen molar-refractivity contribution in [2.45, 2.75) is 13.8 Å². The Hall–Kier alpha value is -3.00. The molecule has 2 rings (SSSR count). The Morgan fingerprint density at radius 3 is 2.37 bits per heavy atom.